The van der Waals surface area contributed by atoms with Crippen LogP contribution in [0.2, 0.25) is 0 Å². The maximum Gasteiger partial charge on any atom is 0.166 e. The van der Waals surface area contributed by atoms with Gasteiger partial charge in [0.2, 0.25) is 0 Å². The Morgan fingerprint density at radius 1 is 0.255 bits per heavy atom. The molecule has 0 spiro atoms. The molecule has 0 saturated carbocycles. The Kier molecular flexibility index (Phi) is 11.6. The highest BCUT2D eigenvalue weighted by atomic mass is 32.2. The summed E-state index contributed by atoms with van der Waals surface area (Å²) in [4.78, 5) is 7.81. The second kappa shape index (κ2) is 15.8. The van der Waals surface area contributed by atoms with Crippen LogP contribution in [0.4, 0.5) is 0 Å². The van der Waals surface area contributed by atoms with Gasteiger partial charge in [0.15, 0.2) is 29.4 Å². The van der Waals surface area contributed by atoms with Crippen LogP contribution in [0.5, 0.6) is 11.5 Å². The molecule has 0 aliphatic rings. The molecule has 0 fully saturated rings. The Morgan fingerprint density at radius 3 is 0.582 bits per heavy atom. The zero-order valence-electron chi connectivity index (χ0n) is 35.1. The molecule has 0 amide bonds. The van der Waals surface area contributed by atoms with Crippen LogP contribution in [0.1, 0.15) is 105 Å². The van der Waals surface area contributed by atoms with Crippen LogP contribution >= 0.6 is 0 Å². The molecule has 0 heterocycles. The van der Waals surface area contributed by atoms with E-state index >= 15 is 0 Å². The smallest absolute Gasteiger partial charge is 0.166 e. The van der Waals surface area contributed by atoms with Gasteiger partial charge in [-0.05, 0) is 141 Å². The van der Waals surface area contributed by atoms with Gasteiger partial charge in [0.05, 0.1) is 21.8 Å². The van der Waals surface area contributed by atoms with Crippen molar-refractivity contribution in [3.63, 3.8) is 0 Å². The number of rotatable bonds is 8. The van der Waals surface area contributed by atoms with E-state index in [0.29, 0.717) is 0 Å². The van der Waals surface area contributed by atoms with Gasteiger partial charge in [0, 0.05) is 0 Å². The van der Waals surface area contributed by atoms with Crippen molar-refractivity contribution in [1.29, 1.82) is 0 Å². The molecule has 0 saturated heterocycles. The van der Waals surface area contributed by atoms with Gasteiger partial charge in [0.25, 0.3) is 0 Å². The second-order valence-electron chi connectivity index (χ2n) is 18.8. The van der Waals surface area contributed by atoms with Gasteiger partial charge in [-0.1, -0.05) is 132 Å². The molecule has 6 aromatic carbocycles. The van der Waals surface area contributed by atoms with E-state index in [4.69, 9.17) is 4.74 Å². The number of ether oxygens (including phenoxy) is 1. The Labute approximate surface area is 338 Å². The molecule has 284 valence electrons. The molecule has 0 bridgehead atoms. The second-order valence-corrected chi connectivity index (χ2v) is 22.8. The fourth-order valence-corrected chi connectivity index (χ4v) is 10.7. The first-order valence-electron chi connectivity index (χ1n) is 19.6. The number of hydrogen-bond donors (Lipinski definition) is 0. The quantitative estimate of drug-likeness (QED) is 0.140. The van der Waals surface area contributed by atoms with E-state index in [1.165, 1.54) is 51.6 Å². The molecule has 0 radical (unpaired) electrons. The minimum Gasteiger partial charge on any atom is -0.457 e. The van der Waals surface area contributed by atoms with Gasteiger partial charge >= 0.3 is 0 Å². The third kappa shape index (κ3) is 9.80. The molecule has 0 aliphatic heterocycles. The van der Waals surface area contributed by atoms with E-state index < -0.39 is 0 Å². The topological polar surface area (TPSA) is 9.23 Å². The zero-order valence-corrected chi connectivity index (χ0v) is 36.7. The Bertz CT molecular complexity index is 1880. The molecule has 1 nitrogen and oxygen atoms in total. The fourth-order valence-electron chi connectivity index (χ4n) is 6.60. The lowest BCUT2D eigenvalue weighted by molar-refractivity contribution is 0.482. The first kappa shape index (κ1) is 40.5. The molecule has 6 rings (SSSR count). The van der Waals surface area contributed by atoms with Gasteiger partial charge in [0.1, 0.15) is 11.5 Å². The van der Waals surface area contributed by atoms with Crippen molar-refractivity contribution in [2.75, 3.05) is 0 Å². The molecule has 0 aliphatic carbocycles. The van der Waals surface area contributed by atoms with Crippen molar-refractivity contribution in [3.8, 4) is 11.5 Å². The van der Waals surface area contributed by atoms with Crippen LogP contribution in [-0.4, -0.2) is 0 Å². The Hall–Kier alpha value is -4.18. The monoisotopic (exact) mass is 764 g/mol. The van der Waals surface area contributed by atoms with Gasteiger partial charge in [-0.3, -0.25) is 0 Å². The van der Waals surface area contributed by atoms with Crippen LogP contribution in [-0.2, 0) is 43.4 Å². The Morgan fingerprint density at radius 2 is 0.418 bits per heavy atom. The standard InChI is InChI=1S/C52H60OS2/c1-49(2,3)37-13-25-43(26-14-37)54(44-27-15-38(16-28-44)50(4,5)6)47-33-21-41(22-34-47)53-42-23-35-48(36-24-42)55(45-29-17-39(18-30-45)51(7,8)9)46-31-19-40(20-32-46)52(10,11)12/h13-36H,1-12H3/q+2. The van der Waals surface area contributed by atoms with Gasteiger partial charge in [-0.15, -0.1) is 0 Å². The van der Waals surface area contributed by atoms with Crippen molar-refractivity contribution in [2.24, 2.45) is 0 Å². The van der Waals surface area contributed by atoms with Crippen molar-refractivity contribution in [1.82, 2.24) is 0 Å². The highest BCUT2D eigenvalue weighted by Gasteiger charge is 2.32. The van der Waals surface area contributed by atoms with E-state index in [-0.39, 0.29) is 43.4 Å². The van der Waals surface area contributed by atoms with Crippen LogP contribution in [0.3, 0.4) is 0 Å². The van der Waals surface area contributed by atoms with Crippen LogP contribution in [0, 0.1) is 0 Å². The minimum absolute atomic E-state index is 0.111. The third-order valence-corrected chi connectivity index (χ3v) is 14.6. The molecular weight excluding hydrogens is 705 g/mol. The molecule has 6 aromatic rings. The van der Waals surface area contributed by atoms with Crippen molar-refractivity contribution in [2.45, 2.75) is 134 Å². The molecule has 0 atom stereocenters. The van der Waals surface area contributed by atoms with Gasteiger partial charge in [-0.25, -0.2) is 0 Å². The summed E-state index contributed by atoms with van der Waals surface area (Å²) in [5, 5.41) is 0. The molecule has 0 unspecified atom stereocenters. The first-order valence-corrected chi connectivity index (χ1v) is 22.0. The predicted octanol–water partition coefficient (Wildman–Crippen LogP) is 14.9. The number of hydrogen-bond acceptors (Lipinski definition) is 1. The van der Waals surface area contributed by atoms with E-state index in [0.717, 1.165) is 11.5 Å². The molecule has 0 N–H and O–H groups in total. The number of benzene rings is 6. The predicted molar refractivity (Wildman–Crippen MR) is 238 cm³/mol. The van der Waals surface area contributed by atoms with E-state index in [9.17, 15) is 0 Å². The largest absolute Gasteiger partial charge is 0.457 e. The van der Waals surface area contributed by atoms with Crippen molar-refractivity contribution in [3.05, 3.63) is 168 Å². The summed E-state index contributed by atoms with van der Waals surface area (Å²) in [6, 6.07) is 54.4. The average Bonchev–Trinajstić information content (AvgIpc) is 3.13. The third-order valence-electron chi connectivity index (χ3n) is 10.2. The zero-order chi connectivity index (χ0) is 39.8. The molecule has 55 heavy (non-hydrogen) atoms. The van der Waals surface area contributed by atoms with Crippen LogP contribution in [0.25, 0.3) is 0 Å². The lowest BCUT2D eigenvalue weighted by Crippen LogP contribution is -2.13. The molecule has 3 heteroatoms. The molecule has 0 aromatic heterocycles. The summed E-state index contributed by atoms with van der Waals surface area (Å²) in [6.07, 6.45) is 0. The highest BCUT2D eigenvalue weighted by Crippen LogP contribution is 2.38. The van der Waals surface area contributed by atoms with E-state index in [1.54, 1.807) is 0 Å². The normalized spacial score (nSPS) is 12.7. The average molecular weight is 765 g/mol. The minimum atomic E-state index is -0.252. The van der Waals surface area contributed by atoms with Gasteiger partial charge in [-0.2, -0.15) is 0 Å². The van der Waals surface area contributed by atoms with Crippen molar-refractivity contribution < 1.29 is 4.74 Å². The first-order chi connectivity index (χ1) is 25.8. The maximum absolute atomic E-state index is 6.49. The molecular formula is C52H60OS2+2. The van der Waals surface area contributed by atoms with E-state index in [2.05, 4.69) is 229 Å². The lowest BCUT2D eigenvalue weighted by Gasteiger charge is -2.20. The Balaban J connectivity index is 1.27. The summed E-state index contributed by atoms with van der Waals surface area (Å²) in [5.41, 5.74) is 5.84. The summed E-state index contributed by atoms with van der Waals surface area (Å²) < 4.78 is 6.49. The highest BCUT2D eigenvalue weighted by molar-refractivity contribution is 7.97. The summed E-state index contributed by atoms with van der Waals surface area (Å²) in [7, 11) is -0.505. The van der Waals surface area contributed by atoms with Crippen molar-refractivity contribution >= 4 is 21.8 Å². The summed E-state index contributed by atoms with van der Waals surface area (Å²) in [6.45, 7) is 27.3. The SMILES string of the molecule is CC(C)(C)c1ccc([S+](c2ccc(Oc3ccc([S+](c4ccc(C(C)(C)C)cc4)c4ccc(C(C)(C)C)cc4)cc3)cc2)c2ccc(C(C)(C)C)cc2)cc1. The van der Waals surface area contributed by atoms with Crippen LogP contribution in [0.15, 0.2) is 175 Å². The van der Waals surface area contributed by atoms with Crippen LogP contribution < -0.4 is 4.74 Å². The van der Waals surface area contributed by atoms with Gasteiger partial charge < -0.3 is 4.74 Å². The fraction of sp³-hybridized carbons (Fsp3) is 0.308. The lowest BCUT2D eigenvalue weighted by atomic mass is 9.87. The maximum atomic E-state index is 6.49. The summed E-state index contributed by atoms with van der Waals surface area (Å²) in [5.74, 6) is 1.67. The van der Waals surface area contributed by atoms with E-state index in [1.807, 2.05) is 0 Å². The summed E-state index contributed by atoms with van der Waals surface area (Å²) >= 11 is 0.